The van der Waals surface area contributed by atoms with Gasteiger partial charge in [0.1, 0.15) is 23.5 Å². The predicted octanol–water partition coefficient (Wildman–Crippen LogP) is 3.75. The van der Waals surface area contributed by atoms with Gasteiger partial charge in [-0.05, 0) is 50.2 Å². The molecule has 0 aliphatic rings. The Balaban J connectivity index is 1.56. The van der Waals surface area contributed by atoms with Crippen molar-refractivity contribution < 1.29 is 9.59 Å². The van der Waals surface area contributed by atoms with Crippen molar-refractivity contribution in [1.82, 2.24) is 24.7 Å². The maximum atomic E-state index is 12.9. The van der Waals surface area contributed by atoms with Crippen LogP contribution in [0.2, 0.25) is 0 Å². The number of amides is 2. The van der Waals surface area contributed by atoms with E-state index in [0.29, 0.717) is 34.3 Å². The molecule has 0 bridgehead atoms. The molecule has 0 radical (unpaired) electrons. The van der Waals surface area contributed by atoms with E-state index in [4.69, 9.17) is 0 Å². The van der Waals surface area contributed by atoms with Crippen LogP contribution < -0.4 is 10.6 Å². The first-order valence-corrected chi connectivity index (χ1v) is 9.75. The molecule has 4 aromatic rings. The maximum Gasteiger partial charge on any atom is 0.272 e. The SMILES string of the molecule is CC(C)n1cnnc1-c1cccc(NC(=O)c2ccccc2NC(=O)c2ccc[nH]2)n1. The number of rotatable bonds is 6. The number of carbonyl (C=O) groups excluding carboxylic acids is 2. The lowest BCUT2D eigenvalue weighted by atomic mass is 10.1. The van der Waals surface area contributed by atoms with Crippen molar-refractivity contribution in [2.75, 3.05) is 10.6 Å². The molecule has 1 aromatic carbocycles. The van der Waals surface area contributed by atoms with E-state index >= 15 is 0 Å². The van der Waals surface area contributed by atoms with Crippen molar-refractivity contribution in [2.45, 2.75) is 19.9 Å². The van der Waals surface area contributed by atoms with Crippen LogP contribution in [-0.4, -0.2) is 36.5 Å². The minimum atomic E-state index is -0.391. The molecule has 3 heterocycles. The van der Waals surface area contributed by atoms with E-state index in [2.05, 4.69) is 30.8 Å². The number of para-hydroxylation sites is 1. The normalized spacial score (nSPS) is 10.8. The van der Waals surface area contributed by atoms with Crippen molar-refractivity contribution >= 4 is 23.3 Å². The Labute approximate surface area is 178 Å². The van der Waals surface area contributed by atoms with Gasteiger partial charge in [-0.3, -0.25) is 9.59 Å². The molecule has 0 saturated heterocycles. The minimum Gasteiger partial charge on any atom is -0.357 e. The molecular formula is C22H21N7O2. The van der Waals surface area contributed by atoms with E-state index in [1.54, 1.807) is 61.1 Å². The molecule has 0 unspecified atom stereocenters. The number of hydrogen-bond acceptors (Lipinski definition) is 5. The fourth-order valence-electron chi connectivity index (χ4n) is 3.07. The molecule has 9 heteroatoms. The number of hydrogen-bond donors (Lipinski definition) is 3. The Hall–Kier alpha value is -4.27. The standard InChI is InChI=1S/C22H21N7O2/c1-14(2)29-13-24-28-20(29)17-9-5-11-19(25-17)27-21(30)15-7-3-4-8-16(15)26-22(31)18-10-6-12-23-18/h3-14,23H,1-2H3,(H,26,31)(H,25,27,30). The molecule has 0 aliphatic heterocycles. The molecule has 3 N–H and O–H groups in total. The molecular weight excluding hydrogens is 394 g/mol. The molecule has 31 heavy (non-hydrogen) atoms. The summed E-state index contributed by atoms with van der Waals surface area (Å²) in [5, 5.41) is 13.7. The number of aromatic nitrogens is 5. The van der Waals surface area contributed by atoms with Crippen LogP contribution in [0.3, 0.4) is 0 Å². The summed E-state index contributed by atoms with van der Waals surface area (Å²) in [5.41, 5.74) is 1.71. The quantitative estimate of drug-likeness (QED) is 0.443. The Kier molecular flexibility index (Phi) is 5.57. The second kappa shape index (κ2) is 8.62. The fourth-order valence-corrected chi connectivity index (χ4v) is 3.07. The van der Waals surface area contributed by atoms with Crippen LogP contribution in [0.25, 0.3) is 11.5 Å². The van der Waals surface area contributed by atoms with Gasteiger partial charge in [0.25, 0.3) is 11.8 Å². The van der Waals surface area contributed by atoms with Crippen molar-refractivity contribution in [3.8, 4) is 11.5 Å². The number of benzene rings is 1. The van der Waals surface area contributed by atoms with E-state index in [-0.39, 0.29) is 11.9 Å². The molecule has 0 atom stereocenters. The number of pyridine rings is 1. The van der Waals surface area contributed by atoms with Gasteiger partial charge in [0, 0.05) is 12.2 Å². The fraction of sp³-hybridized carbons (Fsp3) is 0.136. The number of anilines is 2. The molecule has 0 aliphatic carbocycles. The molecule has 0 fully saturated rings. The molecule has 2 amide bonds. The third-order valence-corrected chi connectivity index (χ3v) is 4.61. The molecule has 0 saturated carbocycles. The molecule has 4 rings (SSSR count). The Bertz CT molecular complexity index is 1210. The summed E-state index contributed by atoms with van der Waals surface area (Å²) in [6.07, 6.45) is 3.31. The van der Waals surface area contributed by atoms with E-state index in [1.807, 2.05) is 24.5 Å². The molecule has 0 spiro atoms. The molecule has 3 aromatic heterocycles. The lowest BCUT2D eigenvalue weighted by Crippen LogP contribution is -2.19. The van der Waals surface area contributed by atoms with E-state index in [0.717, 1.165) is 0 Å². The van der Waals surface area contributed by atoms with Crippen LogP contribution >= 0.6 is 0 Å². The van der Waals surface area contributed by atoms with Gasteiger partial charge in [0.15, 0.2) is 5.82 Å². The van der Waals surface area contributed by atoms with Crippen molar-refractivity contribution in [2.24, 2.45) is 0 Å². The van der Waals surface area contributed by atoms with E-state index in [1.165, 1.54) is 0 Å². The van der Waals surface area contributed by atoms with E-state index < -0.39 is 5.91 Å². The summed E-state index contributed by atoms with van der Waals surface area (Å²) >= 11 is 0. The monoisotopic (exact) mass is 415 g/mol. The van der Waals surface area contributed by atoms with Gasteiger partial charge in [0.05, 0.1) is 11.3 Å². The average Bonchev–Trinajstić information content (AvgIpc) is 3.46. The maximum absolute atomic E-state index is 12.9. The largest absolute Gasteiger partial charge is 0.357 e. The van der Waals surface area contributed by atoms with Crippen LogP contribution in [-0.2, 0) is 0 Å². The zero-order valence-corrected chi connectivity index (χ0v) is 17.0. The van der Waals surface area contributed by atoms with Gasteiger partial charge in [-0.15, -0.1) is 10.2 Å². The third-order valence-electron chi connectivity index (χ3n) is 4.61. The number of H-pyrrole nitrogens is 1. The number of aromatic amines is 1. The van der Waals surface area contributed by atoms with Crippen LogP contribution in [0.5, 0.6) is 0 Å². The average molecular weight is 415 g/mol. The van der Waals surface area contributed by atoms with Gasteiger partial charge >= 0.3 is 0 Å². The first-order valence-electron chi connectivity index (χ1n) is 9.75. The summed E-state index contributed by atoms with van der Waals surface area (Å²) in [4.78, 5) is 32.7. The highest BCUT2D eigenvalue weighted by Crippen LogP contribution is 2.21. The predicted molar refractivity (Wildman–Crippen MR) is 117 cm³/mol. The Morgan fingerprint density at radius 1 is 0.968 bits per heavy atom. The van der Waals surface area contributed by atoms with Gasteiger partial charge in [-0.2, -0.15) is 0 Å². The van der Waals surface area contributed by atoms with Crippen LogP contribution in [0.15, 0.2) is 67.1 Å². The highest BCUT2D eigenvalue weighted by atomic mass is 16.2. The van der Waals surface area contributed by atoms with Gasteiger partial charge < -0.3 is 20.2 Å². The van der Waals surface area contributed by atoms with Gasteiger partial charge in [0.2, 0.25) is 0 Å². The smallest absolute Gasteiger partial charge is 0.272 e. The number of nitrogens with zero attached hydrogens (tertiary/aromatic N) is 4. The first kappa shape index (κ1) is 20.0. The van der Waals surface area contributed by atoms with Crippen molar-refractivity contribution in [3.63, 3.8) is 0 Å². The van der Waals surface area contributed by atoms with Crippen LogP contribution in [0, 0.1) is 0 Å². The van der Waals surface area contributed by atoms with Crippen molar-refractivity contribution in [3.05, 3.63) is 78.4 Å². The summed E-state index contributed by atoms with van der Waals surface area (Å²) in [6.45, 7) is 4.05. The number of nitrogens with one attached hydrogen (secondary N) is 3. The molecule has 156 valence electrons. The highest BCUT2D eigenvalue weighted by Gasteiger charge is 2.16. The van der Waals surface area contributed by atoms with Gasteiger partial charge in [-0.25, -0.2) is 4.98 Å². The second-order valence-electron chi connectivity index (χ2n) is 7.10. The van der Waals surface area contributed by atoms with Crippen molar-refractivity contribution in [1.29, 1.82) is 0 Å². The summed E-state index contributed by atoms with van der Waals surface area (Å²) in [5.74, 6) is 0.256. The lowest BCUT2D eigenvalue weighted by Gasteiger charge is -2.12. The first-order chi connectivity index (χ1) is 15.0. The zero-order valence-electron chi connectivity index (χ0n) is 17.0. The minimum absolute atomic E-state index is 0.167. The summed E-state index contributed by atoms with van der Waals surface area (Å²) in [7, 11) is 0. The molecule has 9 nitrogen and oxygen atoms in total. The lowest BCUT2D eigenvalue weighted by molar-refractivity contribution is 0.102. The van der Waals surface area contributed by atoms with Crippen LogP contribution in [0.4, 0.5) is 11.5 Å². The van der Waals surface area contributed by atoms with Crippen LogP contribution in [0.1, 0.15) is 40.7 Å². The Morgan fingerprint density at radius 2 is 1.81 bits per heavy atom. The highest BCUT2D eigenvalue weighted by molar-refractivity contribution is 6.11. The summed E-state index contributed by atoms with van der Waals surface area (Å²) < 4.78 is 1.90. The van der Waals surface area contributed by atoms with Gasteiger partial charge in [-0.1, -0.05) is 18.2 Å². The zero-order chi connectivity index (χ0) is 21.8. The second-order valence-corrected chi connectivity index (χ2v) is 7.10. The topological polar surface area (TPSA) is 118 Å². The third kappa shape index (κ3) is 4.35. The summed E-state index contributed by atoms with van der Waals surface area (Å²) in [6, 6.07) is 15.6. The Morgan fingerprint density at radius 3 is 2.58 bits per heavy atom. The van der Waals surface area contributed by atoms with E-state index in [9.17, 15) is 9.59 Å². The number of carbonyl (C=O) groups is 2.